The highest BCUT2D eigenvalue weighted by Gasteiger charge is 2.19. The molecule has 1 saturated heterocycles. The van der Waals surface area contributed by atoms with E-state index >= 15 is 0 Å². The summed E-state index contributed by atoms with van der Waals surface area (Å²) in [5.74, 6) is 1.71. The van der Waals surface area contributed by atoms with Gasteiger partial charge in [-0.15, -0.1) is 0 Å². The first kappa shape index (κ1) is 14.3. The summed E-state index contributed by atoms with van der Waals surface area (Å²) in [5, 5.41) is 3.22. The van der Waals surface area contributed by atoms with E-state index in [4.69, 9.17) is 0 Å². The number of halogens is 1. The summed E-state index contributed by atoms with van der Waals surface area (Å²) < 4.78 is 1.03. The number of hydrogen-bond donors (Lipinski definition) is 1. The van der Waals surface area contributed by atoms with Crippen molar-refractivity contribution in [2.45, 2.75) is 6.92 Å². The van der Waals surface area contributed by atoms with E-state index in [0.29, 0.717) is 0 Å². The Labute approximate surface area is 122 Å². The lowest BCUT2D eigenvalue weighted by atomic mass is 10.3. The van der Waals surface area contributed by atoms with Crippen LogP contribution in [0, 0.1) is 0 Å². The van der Waals surface area contributed by atoms with Crippen molar-refractivity contribution < 1.29 is 0 Å². The van der Waals surface area contributed by atoms with Gasteiger partial charge in [-0.25, -0.2) is 4.98 Å². The lowest BCUT2D eigenvalue weighted by Crippen LogP contribution is -2.47. The molecule has 0 aromatic carbocycles. The van der Waals surface area contributed by atoms with Gasteiger partial charge < -0.3 is 10.2 Å². The smallest absolute Gasteiger partial charge is 0.227 e. The van der Waals surface area contributed by atoms with Gasteiger partial charge in [0, 0.05) is 49.9 Å². The minimum atomic E-state index is 0.816. The van der Waals surface area contributed by atoms with Gasteiger partial charge in [0.2, 0.25) is 5.95 Å². The first-order chi connectivity index (χ1) is 9.19. The molecule has 1 aliphatic rings. The highest BCUT2D eigenvalue weighted by atomic mass is 79.9. The summed E-state index contributed by atoms with van der Waals surface area (Å²) in [6.07, 6.45) is 1.81. The molecule has 2 rings (SSSR count). The highest BCUT2D eigenvalue weighted by molar-refractivity contribution is 9.11. The largest absolute Gasteiger partial charge is 0.370 e. The molecule has 0 aliphatic carbocycles. The van der Waals surface area contributed by atoms with Crippen molar-refractivity contribution in [3.63, 3.8) is 0 Å². The van der Waals surface area contributed by atoms with Gasteiger partial charge in [0.1, 0.15) is 5.82 Å². The summed E-state index contributed by atoms with van der Waals surface area (Å²) in [6.45, 7) is 11.7. The Hall–Kier alpha value is -1.14. The molecule has 1 aromatic heterocycles. The molecule has 0 radical (unpaired) electrons. The van der Waals surface area contributed by atoms with Crippen LogP contribution in [0.15, 0.2) is 23.3 Å². The number of nitrogens with one attached hydrogen (secondary N) is 1. The van der Waals surface area contributed by atoms with Crippen LogP contribution in [0.5, 0.6) is 0 Å². The van der Waals surface area contributed by atoms with Gasteiger partial charge >= 0.3 is 0 Å². The van der Waals surface area contributed by atoms with E-state index in [1.54, 1.807) is 0 Å². The van der Waals surface area contributed by atoms with Gasteiger partial charge in [-0.1, -0.05) is 22.5 Å². The van der Waals surface area contributed by atoms with E-state index in [2.05, 4.69) is 54.5 Å². The number of hydrogen-bond acceptors (Lipinski definition) is 5. The fourth-order valence-corrected chi connectivity index (χ4v) is 2.48. The standard InChI is InChI=1S/C13H20BrN5/c1-3-15-12-4-5-16-13(17-12)19-8-6-18(7-9-19)10-11(2)14/h4-5H,2-3,6-10H2,1H3,(H,15,16,17). The molecule has 1 fully saturated rings. The van der Waals surface area contributed by atoms with E-state index in [-0.39, 0.29) is 0 Å². The molecule has 6 heteroatoms. The molecular formula is C13H20BrN5. The van der Waals surface area contributed by atoms with Crippen LogP contribution in [0.4, 0.5) is 11.8 Å². The minimum Gasteiger partial charge on any atom is -0.370 e. The van der Waals surface area contributed by atoms with E-state index < -0.39 is 0 Å². The molecule has 5 nitrogen and oxygen atoms in total. The first-order valence-electron chi connectivity index (χ1n) is 6.56. The number of rotatable bonds is 5. The molecule has 0 amide bonds. The summed E-state index contributed by atoms with van der Waals surface area (Å²) in [7, 11) is 0. The molecule has 0 bridgehead atoms. The fourth-order valence-electron chi connectivity index (χ4n) is 2.13. The zero-order chi connectivity index (χ0) is 13.7. The summed E-state index contributed by atoms with van der Waals surface area (Å²) in [4.78, 5) is 13.5. The van der Waals surface area contributed by atoms with Crippen molar-refractivity contribution in [1.82, 2.24) is 14.9 Å². The Balaban J connectivity index is 1.93. The van der Waals surface area contributed by atoms with Gasteiger partial charge in [-0.05, 0) is 13.0 Å². The molecule has 1 N–H and O–H groups in total. The average Bonchev–Trinajstić information content (AvgIpc) is 2.40. The molecular weight excluding hydrogens is 306 g/mol. The lowest BCUT2D eigenvalue weighted by molar-refractivity contribution is 0.281. The molecule has 2 heterocycles. The molecule has 19 heavy (non-hydrogen) atoms. The monoisotopic (exact) mass is 325 g/mol. The van der Waals surface area contributed by atoms with Crippen molar-refractivity contribution >= 4 is 27.7 Å². The Kier molecular flexibility index (Phi) is 5.15. The van der Waals surface area contributed by atoms with Crippen LogP contribution in [-0.4, -0.2) is 54.1 Å². The lowest BCUT2D eigenvalue weighted by Gasteiger charge is -2.34. The van der Waals surface area contributed by atoms with E-state index in [1.165, 1.54) is 0 Å². The SMILES string of the molecule is C=C(Br)CN1CCN(c2nccc(NCC)n2)CC1. The Bertz CT molecular complexity index is 429. The summed E-state index contributed by atoms with van der Waals surface area (Å²) in [5.41, 5.74) is 0. The van der Waals surface area contributed by atoms with Gasteiger partial charge in [-0.2, -0.15) is 4.98 Å². The van der Waals surface area contributed by atoms with Gasteiger partial charge in [-0.3, -0.25) is 4.90 Å². The maximum Gasteiger partial charge on any atom is 0.227 e. The zero-order valence-electron chi connectivity index (χ0n) is 11.3. The highest BCUT2D eigenvalue weighted by Crippen LogP contribution is 2.14. The molecule has 0 saturated carbocycles. The minimum absolute atomic E-state index is 0.816. The van der Waals surface area contributed by atoms with Crippen molar-refractivity contribution in [1.29, 1.82) is 0 Å². The van der Waals surface area contributed by atoms with Crippen molar-refractivity contribution in [3.05, 3.63) is 23.3 Å². The summed E-state index contributed by atoms with van der Waals surface area (Å²) in [6, 6.07) is 1.90. The quantitative estimate of drug-likeness (QED) is 0.896. The normalized spacial score (nSPS) is 16.4. The van der Waals surface area contributed by atoms with E-state index in [1.807, 2.05) is 12.3 Å². The van der Waals surface area contributed by atoms with Crippen molar-refractivity contribution in [2.24, 2.45) is 0 Å². The number of piperazine rings is 1. The predicted octanol–water partition coefficient (Wildman–Crippen LogP) is 1.94. The van der Waals surface area contributed by atoms with E-state index in [0.717, 1.165) is 55.5 Å². The second-order valence-electron chi connectivity index (χ2n) is 4.55. The van der Waals surface area contributed by atoms with Crippen LogP contribution in [0.3, 0.4) is 0 Å². The number of nitrogens with zero attached hydrogens (tertiary/aromatic N) is 4. The van der Waals surface area contributed by atoms with Crippen LogP contribution >= 0.6 is 15.9 Å². The van der Waals surface area contributed by atoms with Crippen LogP contribution in [0.2, 0.25) is 0 Å². The maximum absolute atomic E-state index is 4.53. The molecule has 1 aromatic rings. The number of anilines is 2. The van der Waals surface area contributed by atoms with E-state index in [9.17, 15) is 0 Å². The average molecular weight is 326 g/mol. The van der Waals surface area contributed by atoms with Gasteiger partial charge in [0.05, 0.1) is 0 Å². The summed E-state index contributed by atoms with van der Waals surface area (Å²) >= 11 is 3.41. The zero-order valence-corrected chi connectivity index (χ0v) is 12.9. The third kappa shape index (κ3) is 4.18. The predicted molar refractivity (Wildman–Crippen MR) is 82.9 cm³/mol. The second kappa shape index (κ2) is 6.86. The third-order valence-electron chi connectivity index (χ3n) is 3.05. The third-order valence-corrected chi connectivity index (χ3v) is 3.30. The van der Waals surface area contributed by atoms with Crippen LogP contribution in [-0.2, 0) is 0 Å². The van der Waals surface area contributed by atoms with Gasteiger partial charge in [0.15, 0.2) is 0 Å². The van der Waals surface area contributed by atoms with Crippen LogP contribution in [0.1, 0.15) is 6.92 Å². The van der Waals surface area contributed by atoms with Crippen molar-refractivity contribution in [3.8, 4) is 0 Å². The Morgan fingerprint density at radius 1 is 1.42 bits per heavy atom. The van der Waals surface area contributed by atoms with Gasteiger partial charge in [0.25, 0.3) is 0 Å². The first-order valence-corrected chi connectivity index (χ1v) is 7.36. The maximum atomic E-state index is 4.53. The second-order valence-corrected chi connectivity index (χ2v) is 5.67. The number of aromatic nitrogens is 2. The fraction of sp³-hybridized carbons (Fsp3) is 0.538. The molecule has 0 unspecified atom stereocenters. The topological polar surface area (TPSA) is 44.3 Å². The van der Waals surface area contributed by atoms with Crippen LogP contribution < -0.4 is 10.2 Å². The Morgan fingerprint density at radius 3 is 2.79 bits per heavy atom. The Morgan fingerprint density at radius 2 is 2.16 bits per heavy atom. The van der Waals surface area contributed by atoms with Crippen molar-refractivity contribution in [2.75, 3.05) is 49.5 Å². The molecule has 0 spiro atoms. The molecule has 0 atom stereocenters. The van der Waals surface area contributed by atoms with Crippen LogP contribution in [0.25, 0.3) is 0 Å². The molecule has 1 aliphatic heterocycles. The molecule has 104 valence electrons.